The van der Waals surface area contributed by atoms with Gasteiger partial charge in [0.15, 0.2) is 0 Å². The number of hydrogen-bond acceptors (Lipinski definition) is 3. The molecule has 0 saturated carbocycles. The molecule has 0 bridgehead atoms. The van der Waals surface area contributed by atoms with E-state index >= 15 is 0 Å². The molecular weight excluding hydrogens is 247 g/mol. The van der Waals surface area contributed by atoms with Crippen molar-refractivity contribution in [2.45, 2.75) is 0 Å². The molecule has 1 heterocycles. The van der Waals surface area contributed by atoms with Gasteiger partial charge in [0.25, 0.3) is 0 Å². The fraction of sp³-hybridized carbons (Fsp3) is 0. The lowest BCUT2D eigenvalue weighted by Crippen LogP contribution is -1.98. The lowest BCUT2D eigenvalue weighted by molar-refractivity contribution is 0.0696. The predicted octanol–water partition coefficient (Wildman–Crippen LogP) is 2.63. The maximum Gasteiger partial charge on any atom is 0.335 e. The van der Waals surface area contributed by atoms with Crippen molar-refractivity contribution in [3.8, 4) is 11.3 Å². The summed E-state index contributed by atoms with van der Waals surface area (Å²) in [6.45, 7) is 0. The molecule has 0 aliphatic heterocycles. The van der Waals surface area contributed by atoms with Gasteiger partial charge in [0, 0.05) is 11.8 Å². The van der Waals surface area contributed by atoms with Crippen LogP contribution in [0.1, 0.15) is 10.4 Å². The van der Waals surface area contributed by atoms with Crippen LogP contribution in [-0.4, -0.2) is 21.0 Å². The van der Waals surface area contributed by atoms with Gasteiger partial charge >= 0.3 is 5.97 Å². The maximum absolute atomic E-state index is 13.2. The van der Waals surface area contributed by atoms with Gasteiger partial charge < -0.3 is 5.11 Å². The molecule has 1 N–H and O–H groups in total. The molecule has 0 amide bonds. The zero-order chi connectivity index (χ0) is 12.4. The minimum absolute atomic E-state index is 0.0173. The highest BCUT2D eigenvalue weighted by Gasteiger charge is 2.09. The zero-order valence-electron chi connectivity index (χ0n) is 8.39. The number of hydrogen-bond donors (Lipinski definition) is 1. The minimum Gasteiger partial charge on any atom is -0.478 e. The lowest BCUT2D eigenvalue weighted by atomic mass is 10.1. The van der Waals surface area contributed by atoms with Crippen LogP contribution < -0.4 is 0 Å². The molecule has 0 aliphatic carbocycles. The van der Waals surface area contributed by atoms with E-state index in [0.29, 0.717) is 11.3 Å². The molecule has 1 aromatic heterocycles. The summed E-state index contributed by atoms with van der Waals surface area (Å²) in [6.07, 6.45) is 1.41. The SMILES string of the molecule is O=C(O)c1cc(F)cc(-c2ccnc(Cl)n2)c1. The number of aromatic nitrogens is 2. The Kier molecular flexibility index (Phi) is 3.01. The van der Waals surface area contributed by atoms with E-state index in [1.807, 2.05) is 0 Å². The highest BCUT2D eigenvalue weighted by molar-refractivity contribution is 6.28. The number of carboxylic acid groups (broad SMARTS) is 1. The third kappa shape index (κ3) is 2.57. The molecule has 0 spiro atoms. The number of aromatic carboxylic acids is 1. The molecule has 0 aliphatic rings. The van der Waals surface area contributed by atoms with Crippen molar-refractivity contribution >= 4 is 17.6 Å². The van der Waals surface area contributed by atoms with Crippen LogP contribution in [0.2, 0.25) is 5.28 Å². The van der Waals surface area contributed by atoms with Gasteiger partial charge in [0.05, 0.1) is 11.3 Å². The van der Waals surface area contributed by atoms with E-state index in [4.69, 9.17) is 16.7 Å². The van der Waals surface area contributed by atoms with Crippen LogP contribution in [0, 0.1) is 5.82 Å². The number of nitrogens with zero attached hydrogens (tertiary/aromatic N) is 2. The van der Waals surface area contributed by atoms with Crippen LogP contribution in [0.3, 0.4) is 0 Å². The van der Waals surface area contributed by atoms with Crippen molar-refractivity contribution in [3.05, 3.63) is 47.1 Å². The normalized spacial score (nSPS) is 10.2. The first-order valence-corrected chi connectivity index (χ1v) is 4.97. The number of benzene rings is 1. The second-order valence-corrected chi connectivity index (χ2v) is 3.58. The summed E-state index contributed by atoms with van der Waals surface area (Å²) in [5.41, 5.74) is 0.563. The Labute approximate surface area is 101 Å². The second-order valence-electron chi connectivity index (χ2n) is 3.24. The van der Waals surface area contributed by atoms with Crippen molar-refractivity contribution in [3.63, 3.8) is 0 Å². The van der Waals surface area contributed by atoms with Crippen molar-refractivity contribution in [1.29, 1.82) is 0 Å². The van der Waals surface area contributed by atoms with Gasteiger partial charge in [0.2, 0.25) is 5.28 Å². The number of halogens is 2. The van der Waals surface area contributed by atoms with E-state index in [1.165, 1.54) is 24.4 Å². The smallest absolute Gasteiger partial charge is 0.335 e. The van der Waals surface area contributed by atoms with Crippen LogP contribution in [-0.2, 0) is 0 Å². The first-order chi connectivity index (χ1) is 8.06. The average Bonchev–Trinajstić information content (AvgIpc) is 2.28. The van der Waals surface area contributed by atoms with Gasteiger partial charge in [-0.2, -0.15) is 0 Å². The topological polar surface area (TPSA) is 63.1 Å². The monoisotopic (exact) mass is 252 g/mol. The Morgan fingerprint density at radius 2 is 2.12 bits per heavy atom. The Balaban J connectivity index is 2.56. The van der Waals surface area contributed by atoms with Crippen LogP contribution >= 0.6 is 11.6 Å². The summed E-state index contributed by atoms with van der Waals surface area (Å²) in [5, 5.41) is 8.83. The molecule has 0 atom stereocenters. The Bertz CT molecular complexity index is 589. The van der Waals surface area contributed by atoms with E-state index in [0.717, 1.165) is 6.07 Å². The molecule has 1 aromatic carbocycles. The number of carboxylic acids is 1. The average molecular weight is 253 g/mol. The third-order valence-corrected chi connectivity index (χ3v) is 2.25. The quantitative estimate of drug-likeness (QED) is 0.835. The zero-order valence-corrected chi connectivity index (χ0v) is 9.15. The molecule has 17 heavy (non-hydrogen) atoms. The highest BCUT2D eigenvalue weighted by atomic mass is 35.5. The number of rotatable bonds is 2. The molecule has 4 nitrogen and oxygen atoms in total. The molecule has 0 unspecified atom stereocenters. The van der Waals surface area contributed by atoms with Gasteiger partial charge in [-0.1, -0.05) is 0 Å². The summed E-state index contributed by atoms with van der Waals surface area (Å²) in [7, 11) is 0. The van der Waals surface area contributed by atoms with Gasteiger partial charge in [-0.25, -0.2) is 19.2 Å². The van der Waals surface area contributed by atoms with E-state index in [2.05, 4.69) is 9.97 Å². The van der Waals surface area contributed by atoms with E-state index in [-0.39, 0.29) is 10.8 Å². The van der Waals surface area contributed by atoms with Crippen molar-refractivity contribution in [2.24, 2.45) is 0 Å². The molecule has 2 rings (SSSR count). The van der Waals surface area contributed by atoms with Crippen LogP contribution in [0.15, 0.2) is 30.5 Å². The Morgan fingerprint density at radius 3 is 2.76 bits per heavy atom. The lowest BCUT2D eigenvalue weighted by Gasteiger charge is -2.03. The van der Waals surface area contributed by atoms with E-state index in [9.17, 15) is 9.18 Å². The Morgan fingerprint density at radius 1 is 1.35 bits per heavy atom. The fourth-order valence-electron chi connectivity index (χ4n) is 1.36. The summed E-state index contributed by atoms with van der Waals surface area (Å²) in [6, 6.07) is 4.97. The van der Waals surface area contributed by atoms with Crippen LogP contribution in [0.5, 0.6) is 0 Å². The van der Waals surface area contributed by atoms with Gasteiger partial charge in [0.1, 0.15) is 5.82 Å². The van der Waals surface area contributed by atoms with E-state index < -0.39 is 11.8 Å². The van der Waals surface area contributed by atoms with Crippen molar-refractivity contribution < 1.29 is 14.3 Å². The van der Waals surface area contributed by atoms with Crippen molar-refractivity contribution in [1.82, 2.24) is 9.97 Å². The summed E-state index contributed by atoms with van der Waals surface area (Å²) in [5.74, 6) is -1.85. The molecule has 0 saturated heterocycles. The van der Waals surface area contributed by atoms with E-state index in [1.54, 1.807) is 0 Å². The van der Waals surface area contributed by atoms with Crippen LogP contribution in [0.25, 0.3) is 11.3 Å². The molecule has 0 radical (unpaired) electrons. The molecule has 2 aromatic rings. The molecule has 86 valence electrons. The van der Waals surface area contributed by atoms with Gasteiger partial charge in [-0.05, 0) is 35.9 Å². The largest absolute Gasteiger partial charge is 0.478 e. The Hall–Kier alpha value is -2.01. The minimum atomic E-state index is -1.20. The highest BCUT2D eigenvalue weighted by Crippen LogP contribution is 2.20. The molecule has 0 fully saturated rings. The number of carbonyl (C=O) groups is 1. The van der Waals surface area contributed by atoms with Gasteiger partial charge in [-0.15, -0.1) is 0 Å². The van der Waals surface area contributed by atoms with Gasteiger partial charge in [-0.3, -0.25) is 0 Å². The predicted molar refractivity (Wildman–Crippen MR) is 59.4 cm³/mol. The second kappa shape index (κ2) is 4.47. The molecular formula is C11H6ClFN2O2. The van der Waals surface area contributed by atoms with Crippen LogP contribution in [0.4, 0.5) is 4.39 Å². The summed E-state index contributed by atoms with van der Waals surface area (Å²) in [4.78, 5) is 18.3. The molecule has 6 heteroatoms. The standard InChI is InChI=1S/C11H6ClFN2O2/c12-11-14-2-1-9(15-11)6-3-7(10(16)17)5-8(13)4-6/h1-5H,(H,16,17). The first-order valence-electron chi connectivity index (χ1n) is 4.59. The fourth-order valence-corrected chi connectivity index (χ4v) is 1.50. The summed E-state index contributed by atoms with van der Waals surface area (Å²) < 4.78 is 13.2. The first kappa shape index (κ1) is 11.5. The third-order valence-electron chi connectivity index (χ3n) is 2.07. The van der Waals surface area contributed by atoms with Crippen molar-refractivity contribution in [2.75, 3.05) is 0 Å². The summed E-state index contributed by atoms with van der Waals surface area (Å²) >= 11 is 5.60. The maximum atomic E-state index is 13.2.